The van der Waals surface area contributed by atoms with Crippen LogP contribution < -0.4 is 0 Å². The van der Waals surface area contributed by atoms with Crippen LogP contribution in [0.4, 0.5) is 30.7 Å². The summed E-state index contributed by atoms with van der Waals surface area (Å²) in [5.41, 5.74) is -7.42. The second kappa shape index (κ2) is 4.53. The zero-order chi connectivity index (χ0) is 14.1. The molecule has 0 fully saturated rings. The van der Waals surface area contributed by atoms with Gasteiger partial charge in [0.25, 0.3) is 0 Å². The Morgan fingerprint density at radius 1 is 1.00 bits per heavy atom. The zero-order valence-corrected chi connectivity index (χ0v) is 8.54. The fourth-order valence-electron chi connectivity index (χ4n) is 0.943. The Morgan fingerprint density at radius 3 is 1.59 bits per heavy atom. The number of ether oxygens (including phenoxy) is 1. The van der Waals surface area contributed by atoms with E-state index in [1.165, 1.54) is 0 Å². The lowest BCUT2D eigenvalue weighted by atomic mass is 9.95. The summed E-state index contributed by atoms with van der Waals surface area (Å²) in [5.74, 6) is -1.52. The van der Waals surface area contributed by atoms with Gasteiger partial charge in [0.2, 0.25) is 0 Å². The molecule has 100 valence electrons. The Balaban J connectivity index is 5.68. The topological polar surface area (TPSA) is 26.3 Å². The molecule has 0 saturated heterocycles. The summed E-state index contributed by atoms with van der Waals surface area (Å²) in [7, 11) is 0.729. The number of carbonyl (C=O) groups excluding carboxylic acids is 1. The molecule has 17 heavy (non-hydrogen) atoms. The van der Waals surface area contributed by atoms with Crippen LogP contribution in [0.2, 0.25) is 0 Å². The first kappa shape index (κ1) is 15.7. The maximum atomic E-state index is 13.2. The summed E-state index contributed by atoms with van der Waals surface area (Å²) in [4.78, 5) is 10.5. The van der Waals surface area contributed by atoms with Gasteiger partial charge in [-0.25, -0.2) is 9.18 Å². The molecule has 9 heteroatoms. The van der Waals surface area contributed by atoms with Crippen molar-refractivity contribution < 1.29 is 40.3 Å². The van der Waals surface area contributed by atoms with Gasteiger partial charge in [0.15, 0.2) is 0 Å². The number of esters is 1. The predicted octanol–water partition coefficient (Wildman–Crippen LogP) is 2.94. The summed E-state index contributed by atoms with van der Waals surface area (Å²) < 4.78 is 89.7. The average Bonchev–Trinajstić information content (AvgIpc) is 2.12. The van der Waals surface area contributed by atoms with E-state index in [1.807, 2.05) is 0 Å². The van der Waals surface area contributed by atoms with Crippen LogP contribution in [0.3, 0.4) is 0 Å². The number of alkyl halides is 7. The van der Waals surface area contributed by atoms with Gasteiger partial charge in [0.1, 0.15) is 0 Å². The summed E-state index contributed by atoms with van der Waals surface area (Å²) in [5, 5.41) is 0. The fraction of sp³-hybridized carbons (Fsp3) is 0.625. The molecule has 0 aliphatic heterocycles. The molecule has 0 amide bonds. The molecule has 2 nitrogen and oxygen atoms in total. The second-order valence-corrected chi connectivity index (χ2v) is 3.00. The Labute approximate surface area is 91.0 Å². The molecule has 0 unspecified atom stereocenters. The molecule has 0 aromatic heterocycles. The molecule has 0 heterocycles. The summed E-state index contributed by atoms with van der Waals surface area (Å²) in [6.45, 7) is 0.206. The van der Waals surface area contributed by atoms with Gasteiger partial charge in [-0.1, -0.05) is 0 Å². The van der Waals surface area contributed by atoms with Crippen LogP contribution in [0.1, 0.15) is 6.92 Å². The number of allylic oxidation sites excluding steroid dienone is 1. The van der Waals surface area contributed by atoms with Crippen molar-refractivity contribution in [1.82, 2.24) is 0 Å². The number of carbonyl (C=O) groups is 1. The second-order valence-electron chi connectivity index (χ2n) is 3.00. The van der Waals surface area contributed by atoms with Crippen molar-refractivity contribution >= 4 is 5.97 Å². The number of hydrogen-bond acceptors (Lipinski definition) is 2. The highest BCUT2D eigenvalue weighted by Crippen LogP contribution is 2.50. The summed E-state index contributed by atoms with van der Waals surface area (Å²) in [6, 6.07) is 0. The molecular weight excluding hydrogens is 261 g/mol. The minimum Gasteiger partial charge on any atom is -0.466 e. The van der Waals surface area contributed by atoms with E-state index in [0.717, 1.165) is 7.11 Å². The van der Waals surface area contributed by atoms with E-state index in [1.54, 1.807) is 0 Å². The van der Waals surface area contributed by atoms with Gasteiger partial charge in [-0.3, -0.25) is 0 Å². The number of hydrogen-bond donors (Lipinski definition) is 0. The molecular formula is C8H7F7O2. The van der Waals surface area contributed by atoms with Gasteiger partial charge in [-0.05, 0) is 12.5 Å². The van der Waals surface area contributed by atoms with Crippen LogP contribution in [-0.2, 0) is 9.53 Å². The molecule has 0 radical (unpaired) electrons. The smallest absolute Gasteiger partial charge is 0.435 e. The van der Waals surface area contributed by atoms with Crippen LogP contribution in [-0.4, -0.2) is 31.1 Å². The standard InChI is InChI=1S/C8H7F7O2/c1-4(3-5(16)17-2)6(9,7(10,11)12)8(13,14)15/h3H,1-2H3/b4-3+. The molecule has 0 saturated carbocycles. The quantitative estimate of drug-likeness (QED) is 0.437. The highest BCUT2D eigenvalue weighted by molar-refractivity contribution is 5.83. The van der Waals surface area contributed by atoms with E-state index in [2.05, 4.69) is 4.74 Å². The zero-order valence-electron chi connectivity index (χ0n) is 8.54. The first-order chi connectivity index (χ1) is 7.38. The van der Waals surface area contributed by atoms with Crippen molar-refractivity contribution in [2.75, 3.05) is 7.11 Å². The SMILES string of the molecule is COC(=O)/C=C(\C)C(F)(C(F)(F)F)C(F)(F)F. The lowest BCUT2D eigenvalue weighted by molar-refractivity contribution is -0.326. The van der Waals surface area contributed by atoms with Crippen molar-refractivity contribution in [2.45, 2.75) is 24.9 Å². The summed E-state index contributed by atoms with van der Waals surface area (Å²) in [6.07, 6.45) is -12.6. The maximum absolute atomic E-state index is 13.2. The van der Waals surface area contributed by atoms with Crippen molar-refractivity contribution in [1.29, 1.82) is 0 Å². The van der Waals surface area contributed by atoms with Crippen LogP contribution in [0.15, 0.2) is 11.6 Å². The summed E-state index contributed by atoms with van der Waals surface area (Å²) >= 11 is 0. The number of rotatable bonds is 2. The third-order valence-corrected chi connectivity index (χ3v) is 1.86. The van der Waals surface area contributed by atoms with Gasteiger partial charge in [0.05, 0.1) is 7.11 Å². The molecule has 0 rings (SSSR count). The minimum absolute atomic E-state index is 0.193. The average molecular weight is 268 g/mol. The largest absolute Gasteiger partial charge is 0.466 e. The highest BCUT2D eigenvalue weighted by Gasteiger charge is 2.73. The monoisotopic (exact) mass is 268 g/mol. The van der Waals surface area contributed by atoms with Crippen LogP contribution in [0, 0.1) is 0 Å². The molecule has 0 N–H and O–H groups in total. The Hall–Kier alpha value is -1.28. The van der Waals surface area contributed by atoms with E-state index < -0.39 is 29.6 Å². The Morgan fingerprint density at radius 2 is 1.35 bits per heavy atom. The van der Waals surface area contributed by atoms with Gasteiger partial charge in [0, 0.05) is 6.08 Å². The van der Waals surface area contributed by atoms with Crippen molar-refractivity contribution in [3.63, 3.8) is 0 Å². The van der Waals surface area contributed by atoms with Gasteiger partial charge >= 0.3 is 24.0 Å². The van der Waals surface area contributed by atoms with Gasteiger partial charge in [-0.2, -0.15) is 26.3 Å². The Bertz CT molecular complexity index is 312. The lowest BCUT2D eigenvalue weighted by Crippen LogP contribution is -2.54. The fourth-order valence-corrected chi connectivity index (χ4v) is 0.943. The molecule has 0 aliphatic carbocycles. The molecule has 0 spiro atoms. The van der Waals surface area contributed by atoms with Crippen molar-refractivity contribution in [3.8, 4) is 0 Å². The molecule has 0 atom stereocenters. The van der Waals surface area contributed by atoms with Gasteiger partial charge in [-0.15, -0.1) is 0 Å². The first-order valence-electron chi connectivity index (χ1n) is 3.97. The Kier molecular flexibility index (Phi) is 4.19. The van der Waals surface area contributed by atoms with Crippen LogP contribution >= 0.6 is 0 Å². The van der Waals surface area contributed by atoms with Crippen molar-refractivity contribution in [2.24, 2.45) is 0 Å². The van der Waals surface area contributed by atoms with E-state index in [0.29, 0.717) is 0 Å². The highest BCUT2D eigenvalue weighted by atomic mass is 19.4. The molecule has 0 aromatic carbocycles. The normalized spacial score (nSPS) is 14.8. The molecule has 0 bridgehead atoms. The van der Waals surface area contributed by atoms with Gasteiger partial charge < -0.3 is 4.74 Å². The van der Waals surface area contributed by atoms with E-state index in [9.17, 15) is 35.5 Å². The van der Waals surface area contributed by atoms with E-state index >= 15 is 0 Å². The molecule has 0 aromatic rings. The van der Waals surface area contributed by atoms with Crippen LogP contribution in [0.25, 0.3) is 0 Å². The van der Waals surface area contributed by atoms with Crippen molar-refractivity contribution in [3.05, 3.63) is 11.6 Å². The minimum atomic E-state index is -6.22. The van der Waals surface area contributed by atoms with E-state index in [4.69, 9.17) is 0 Å². The third-order valence-electron chi connectivity index (χ3n) is 1.86. The third kappa shape index (κ3) is 2.89. The lowest BCUT2D eigenvalue weighted by Gasteiger charge is -2.30. The predicted molar refractivity (Wildman–Crippen MR) is 41.7 cm³/mol. The maximum Gasteiger partial charge on any atom is 0.435 e. The first-order valence-corrected chi connectivity index (χ1v) is 3.97. The molecule has 0 aliphatic rings. The van der Waals surface area contributed by atoms with E-state index in [-0.39, 0.29) is 13.0 Å². The van der Waals surface area contributed by atoms with Crippen LogP contribution in [0.5, 0.6) is 0 Å². The number of halogens is 7. The number of methoxy groups -OCH3 is 1.